The van der Waals surface area contributed by atoms with Crippen molar-refractivity contribution in [3.63, 3.8) is 0 Å². The van der Waals surface area contributed by atoms with Crippen molar-refractivity contribution >= 4 is 33.4 Å². The van der Waals surface area contributed by atoms with E-state index in [1.54, 1.807) is 18.6 Å². The highest BCUT2D eigenvalue weighted by atomic mass is 14.7. The molecule has 0 radical (unpaired) electrons. The van der Waals surface area contributed by atoms with E-state index in [0.717, 1.165) is 83.5 Å². The van der Waals surface area contributed by atoms with Crippen molar-refractivity contribution in [2.75, 3.05) is 0 Å². The van der Waals surface area contributed by atoms with Crippen LogP contribution in [0.4, 0.5) is 0 Å². The molecule has 7 aromatic rings. The first-order valence-corrected chi connectivity index (χ1v) is 17.5. The number of nitriles is 3. The van der Waals surface area contributed by atoms with Gasteiger partial charge in [-0.25, -0.2) is 0 Å². The van der Waals surface area contributed by atoms with E-state index in [0.29, 0.717) is 33.8 Å². The van der Waals surface area contributed by atoms with Crippen LogP contribution in [0.1, 0.15) is 50.5 Å². The van der Waals surface area contributed by atoms with Gasteiger partial charge in [-0.1, -0.05) is 91.0 Å². The van der Waals surface area contributed by atoms with Crippen molar-refractivity contribution in [2.45, 2.75) is 0 Å². The van der Waals surface area contributed by atoms with Crippen molar-refractivity contribution in [1.82, 2.24) is 15.0 Å². The third kappa shape index (κ3) is 4.22. The summed E-state index contributed by atoms with van der Waals surface area (Å²) >= 11 is 0. The van der Waals surface area contributed by atoms with Crippen molar-refractivity contribution in [2.24, 2.45) is 0 Å². The number of nitrogens with zero attached hydrogens (tertiary/aromatic N) is 6. The lowest BCUT2D eigenvalue weighted by atomic mass is 9.81. The van der Waals surface area contributed by atoms with Crippen LogP contribution in [-0.4, -0.2) is 15.0 Å². The molecule has 54 heavy (non-hydrogen) atoms. The summed E-state index contributed by atoms with van der Waals surface area (Å²) in [5.74, 6) is 0. The zero-order valence-electron chi connectivity index (χ0n) is 28.5. The molecule has 3 heterocycles. The van der Waals surface area contributed by atoms with E-state index < -0.39 is 0 Å². The Balaban J connectivity index is 1.51. The van der Waals surface area contributed by atoms with Gasteiger partial charge < -0.3 is 0 Å². The molecular weight excluding hydrogens is 661 g/mol. The third-order valence-electron chi connectivity index (χ3n) is 10.5. The topological polar surface area (TPSA) is 110 Å². The van der Waals surface area contributed by atoms with E-state index in [1.165, 1.54) is 0 Å². The van der Waals surface area contributed by atoms with Gasteiger partial charge in [0.05, 0.1) is 33.8 Å². The number of benzene rings is 4. The molecule has 0 fully saturated rings. The van der Waals surface area contributed by atoms with Crippen LogP contribution in [0.25, 0.3) is 66.8 Å². The second-order valence-corrected chi connectivity index (χ2v) is 13.1. The second-order valence-electron chi connectivity index (χ2n) is 13.1. The minimum Gasteiger partial charge on any atom is -0.255 e. The Morgan fingerprint density at radius 1 is 0.315 bits per heavy atom. The number of hydrogen-bond donors (Lipinski definition) is 0. The molecule has 6 nitrogen and oxygen atoms in total. The Bertz CT molecular complexity index is 2640. The molecule has 6 heteroatoms. The molecule has 0 spiro atoms. The standard InChI is InChI=1S/C48H24N6/c49-25-34(37-19-7-10-22-52-37)40-28-13-1-4-16-31(28)43-46(40)44-32-17-5-2-14-29(32)42(36(27-51)39-21-9-12-24-54-39)48(44)45-33-18-6-3-15-30(33)41(47(43)45)35(26-50)38-20-8-11-23-53-38/h1-24H. The average Bonchev–Trinajstić information content (AvgIpc) is 3.87. The van der Waals surface area contributed by atoms with Crippen molar-refractivity contribution < 1.29 is 0 Å². The minimum atomic E-state index is 0.440. The van der Waals surface area contributed by atoms with Crippen molar-refractivity contribution in [3.8, 4) is 51.6 Å². The van der Waals surface area contributed by atoms with Crippen LogP contribution in [0.3, 0.4) is 0 Å². The zero-order chi connectivity index (χ0) is 36.3. The molecule has 3 aliphatic rings. The van der Waals surface area contributed by atoms with Gasteiger partial charge in [0.2, 0.25) is 0 Å². The lowest BCUT2D eigenvalue weighted by molar-refractivity contribution is 1.28. The number of pyridine rings is 3. The van der Waals surface area contributed by atoms with Crippen LogP contribution in [0.5, 0.6) is 0 Å². The predicted octanol–water partition coefficient (Wildman–Crippen LogP) is 10.3. The number of rotatable bonds is 3. The van der Waals surface area contributed by atoms with E-state index in [-0.39, 0.29) is 0 Å². The van der Waals surface area contributed by atoms with E-state index >= 15 is 0 Å². The smallest absolute Gasteiger partial charge is 0.102 e. The first-order valence-electron chi connectivity index (χ1n) is 17.5. The van der Waals surface area contributed by atoms with Gasteiger partial charge in [-0.05, 0) is 86.5 Å². The van der Waals surface area contributed by atoms with E-state index in [4.69, 9.17) is 0 Å². The largest absolute Gasteiger partial charge is 0.255 e. The molecule has 0 saturated heterocycles. The number of hydrogen-bond acceptors (Lipinski definition) is 6. The fourth-order valence-electron chi connectivity index (χ4n) is 8.50. The fourth-order valence-corrected chi connectivity index (χ4v) is 8.50. The van der Waals surface area contributed by atoms with E-state index in [1.807, 2.05) is 91.0 Å². The summed E-state index contributed by atoms with van der Waals surface area (Å²) in [5.41, 5.74) is 16.3. The van der Waals surface area contributed by atoms with Crippen molar-refractivity contribution in [1.29, 1.82) is 15.8 Å². The van der Waals surface area contributed by atoms with Crippen LogP contribution < -0.4 is 0 Å². The highest BCUT2D eigenvalue weighted by Crippen LogP contribution is 2.65. The molecule has 0 unspecified atom stereocenters. The Hall–Kier alpha value is -7.98. The van der Waals surface area contributed by atoms with Gasteiger partial charge in [-0.3, -0.25) is 15.0 Å². The Labute approximate surface area is 311 Å². The summed E-state index contributed by atoms with van der Waals surface area (Å²) in [6.07, 6.45) is 5.11. The maximum atomic E-state index is 11.1. The summed E-state index contributed by atoms with van der Waals surface area (Å²) in [4.78, 5) is 14.0. The van der Waals surface area contributed by atoms with Gasteiger partial charge >= 0.3 is 0 Å². The van der Waals surface area contributed by atoms with Gasteiger partial charge in [0.15, 0.2) is 0 Å². The predicted molar refractivity (Wildman–Crippen MR) is 210 cm³/mol. The SMILES string of the molecule is N#CC(=C1c2ccccc2-c2c1c1c(c3c2C(=C(C#N)c2ccccn2)c2ccccc2-3)C(=C(C#N)c2ccccn2)c2ccccc2-1)c1ccccn1. The lowest BCUT2D eigenvalue weighted by Crippen LogP contribution is -2.00. The van der Waals surface area contributed by atoms with Gasteiger partial charge in [-0.2, -0.15) is 15.8 Å². The molecule has 3 aliphatic carbocycles. The Morgan fingerprint density at radius 2 is 0.574 bits per heavy atom. The molecule has 3 aromatic heterocycles. The van der Waals surface area contributed by atoms with Crippen molar-refractivity contribution in [3.05, 3.63) is 196 Å². The van der Waals surface area contributed by atoms with Gasteiger partial charge in [0.1, 0.15) is 18.2 Å². The normalized spacial score (nSPS) is 15.3. The molecule has 0 amide bonds. The highest BCUT2D eigenvalue weighted by Gasteiger charge is 2.44. The summed E-state index contributed by atoms with van der Waals surface area (Å²) in [7, 11) is 0. The maximum Gasteiger partial charge on any atom is 0.102 e. The first-order chi connectivity index (χ1) is 26.7. The molecule has 0 atom stereocenters. The first kappa shape index (κ1) is 30.8. The monoisotopic (exact) mass is 684 g/mol. The molecule has 0 N–H and O–H groups in total. The average molecular weight is 685 g/mol. The number of fused-ring (bicyclic) bond motifs is 12. The van der Waals surface area contributed by atoms with Gasteiger partial charge in [0, 0.05) is 52.0 Å². The Morgan fingerprint density at radius 3 is 0.815 bits per heavy atom. The fraction of sp³-hybridized carbons (Fsp3) is 0. The molecule has 0 saturated carbocycles. The van der Waals surface area contributed by atoms with Crippen LogP contribution >= 0.6 is 0 Å². The minimum absolute atomic E-state index is 0.440. The zero-order valence-corrected chi connectivity index (χ0v) is 28.5. The molecular formula is C48H24N6. The summed E-state index contributed by atoms with van der Waals surface area (Å²) in [5, 5.41) is 33.2. The quantitative estimate of drug-likeness (QED) is 0.171. The van der Waals surface area contributed by atoms with Gasteiger partial charge in [0.25, 0.3) is 0 Å². The summed E-state index contributed by atoms with van der Waals surface area (Å²) in [6, 6.07) is 48.9. The second kappa shape index (κ2) is 12.1. The molecule has 0 aliphatic heterocycles. The highest BCUT2D eigenvalue weighted by molar-refractivity contribution is 6.29. The molecule has 246 valence electrons. The van der Waals surface area contributed by atoms with Crippen LogP contribution in [-0.2, 0) is 0 Å². The Kier molecular flexibility index (Phi) is 6.89. The summed E-state index contributed by atoms with van der Waals surface area (Å²) < 4.78 is 0. The molecule has 10 rings (SSSR count). The number of allylic oxidation sites excluding steroid dienone is 3. The number of aromatic nitrogens is 3. The summed E-state index contributed by atoms with van der Waals surface area (Å²) in [6.45, 7) is 0. The molecule has 0 bridgehead atoms. The lowest BCUT2D eigenvalue weighted by Gasteiger charge is -2.20. The van der Waals surface area contributed by atoms with E-state index in [2.05, 4.69) is 69.6 Å². The van der Waals surface area contributed by atoms with Gasteiger partial charge in [-0.15, -0.1) is 0 Å². The maximum absolute atomic E-state index is 11.1. The van der Waals surface area contributed by atoms with E-state index in [9.17, 15) is 15.8 Å². The van der Waals surface area contributed by atoms with Crippen LogP contribution in [0, 0.1) is 34.0 Å². The van der Waals surface area contributed by atoms with Crippen LogP contribution in [0.2, 0.25) is 0 Å². The third-order valence-corrected chi connectivity index (χ3v) is 10.5. The van der Waals surface area contributed by atoms with Crippen LogP contribution in [0.15, 0.2) is 146 Å². The molecule has 4 aromatic carbocycles.